The predicted molar refractivity (Wildman–Crippen MR) is 115 cm³/mol. The molecule has 2 aromatic heterocycles. The van der Waals surface area contributed by atoms with Crippen LogP contribution in [0.5, 0.6) is 0 Å². The number of rotatable bonds is 3. The molecule has 3 aromatic rings. The standard InChI is InChI=1S/C23H26N6/c1-16-13-19(27-22(24-2)26-16)29-12-6-10-23(15-29)11-9-18-14-25-21(28-20(18)23)17-7-4-3-5-8-17/h3-5,7-8,13-14H,6,9-12,15H2,1-2H3,(H,24,26,27). The molecule has 0 bridgehead atoms. The minimum Gasteiger partial charge on any atom is -0.357 e. The summed E-state index contributed by atoms with van der Waals surface area (Å²) >= 11 is 0. The Balaban J connectivity index is 1.50. The van der Waals surface area contributed by atoms with E-state index in [4.69, 9.17) is 9.97 Å². The molecule has 3 heterocycles. The Morgan fingerprint density at radius 2 is 1.93 bits per heavy atom. The Kier molecular flexibility index (Phi) is 4.42. The smallest absolute Gasteiger partial charge is 0.224 e. The number of nitrogens with one attached hydrogen (secondary N) is 1. The van der Waals surface area contributed by atoms with Crippen LogP contribution >= 0.6 is 0 Å². The van der Waals surface area contributed by atoms with Crippen LogP contribution in [0.25, 0.3) is 11.4 Å². The summed E-state index contributed by atoms with van der Waals surface area (Å²) in [7, 11) is 1.87. The predicted octanol–water partition coefficient (Wildman–Crippen LogP) is 3.77. The van der Waals surface area contributed by atoms with Gasteiger partial charge in [-0.2, -0.15) is 4.98 Å². The van der Waals surface area contributed by atoms with Gasteiger partial charge >= 0.3 is 0 Å². The molecule has 6 heteroatoms. The SMILES string of the molecule is CNc1nc(C)cc(N2CCCC3(CCc4cnc(-c5ccccc5)nc43)C2)n1. The van der Waals surface area contributed by atoms with E-state index in [9.17, 15) is 0 Å². The average molecular weight is 387 g/mol. The quantitative estimate of drug-likeness (QED) is 0.739. The number of aryl methyl sites for hydroxylation is 2. The molecular weight excluding hydrogens is 360 g/mol. The van der Waals surface area contributed by atoms with Gasteiger partial charge in [-0.05, 0) is 38.2 Å². The highest BCUT2D eigenvalue weighted by molar-refractivity contribution is 5.56. The van der Waals surface area contributed by atoms with Gasteiger partial charge in [0.05, 0.1) is 5.69 Å². The van der Waals surface area contributed by atoms with Crippen LogP contribution in [-0.4, -0.2) is 40.1 Å². The van der Waals surface area contributed by atoms with Crippen LogP contribution in [0.4, 0.5) is 11.8 Å². The van der Waals surface area contributed by atoms with Crippen molar-refractivity contribution in [3.8, 4) is 11.4 Å². The zero-order chi connectivity index (χ0) is 19.8. The number of hydrogen-bond acceptors (Lipinski definition) is 6. The molecule has 1 saturated heterocycles. The molecule has 1 aromatic carbocycles. The molecule has 1 N–H and O–H groups in total. The van der Waals surface area contributed by atoms with Gasteiger partial charge in [0.1, 0.15) is 5.82 Å². The van der Waals surface area contributed by atoms with Gasteiger partial charge in [0.15, 0.2) is 5.82 Å². The first-order valence-corrected chi connectivity index (χ1v) is 10.4. The third-order valence-corrected chi connectivity index (χ3v) is 6.24. The van der Waals surface area contributed by atoms with Crippen molar-refractivity contribution in [1.82, 2.24) is 19.9 Å². The lowest BCUT2D eigenvalue weighted by Gasteiger charge is -2.41. The van der Waals surface area contributed by atoms with Crippen LogP contribution in [0, 0.1) is 6.92 Å². The number of anilines is 2. The molecule has 0 radical (unpaired) electrons. The molecule has 1 spiro atoms. The third kappa shape index (κ3) is 3.22. The van der Waals surface area contributed by atoms with E-state index in [1.54, 1.807) is 0 Å². The van der Waals surface area contributed by atoms with Crippen molar-refractivity contribution in [2.24, 2.45) is 0 Å². The molecule has 6 nitrogen and oxygen atoms in total. The minimum atomic E-state index is 0.0821. The van der Waals surface area contributed by atoms with Crippen molar-refractivity contribution in [3.63, 3.8) is 0 Å². The maximum atomic E-state index is 5.10. The van der Waals surface area contributed by atoms with Gasteiger partial charge in [0, 0.05) is 49.1 Å². The topological polar surface area (TPSA) is 66.8 Å². The van der Waals surface area contributed by atoms with Gasteiger partial charge < -0.3 is 10.2 Å². The Hall–Kier alpha value is -3.02. The normalized spacial score (nSPS) is 20.7. The fourth-order valence-corrected chi connectivity index (χ4v) is 4.82. The number of benzene rings is 1. The van der Waals surface area contributed by atoms with E-state index in [0.29, 0.717) is 5.95 Å². The number of nitrogens with zero attached hydrogens (tertiary/aromatic N) is 5. The second-order valence-corrected chi connectivity index (χ2v) is 8.18. The van der Waals surface area contributed by atoms with E-state index < -0.39 is 0 Å². The monoisotopic (exact) mass is 386 g/mol. The largest absolute Gasteiger partial charge is 0.357 e. The summed E-state index contributed by atoms with van der Waals surface area (Å²) in [4.78, 5) is 21.3. The van der Waals surface area contributed by atoms with Gasteiger partial charge in [-0.15, -0.1) is 0 Å². The van der Waals surface area contributed by atoms with Gasteiger partial charge in [-0.1, -0.05) is 30.3 Å². The lowest BCUT2D eigenvalue weighted by molar-refractivity contribution is 0.333. The van der Waals surface area contributed by atoms with Crippen LogP contribution in [-0.2, 0) is 11.8 Å². The molecule has 1 aliphatic heterocycles. The summed E-state index contributed by atoms with van der Waals surface area (Å²) in [5.74, 6) is 2.52. The van der Waals surface area contributed by atoms with Gasteiger partial charge in [-0.25, -0.2) is 15.0 Å². The molecule has 1 atom stereocenters. The Morgan fingerprint density at radius 3 is 2.76 bits per heavy atom. The average Bonchev–Trinajstić information content (AvgIpc) is 3.11. The Bertz CT molecular complexity index is 1030. The molecule has 148 valence electrons. The Labute approximate surface area is 171 Å². The van der Waals surface area contributed by atoms with Crippen LogP contribution in [0.15, 0.2) is 42.6 Å². The molecule has 1 unspecified atom stereocenters. The summed E-state index contributed by atoms with van der Waals surface area (Å²) in [6, 6.07) is 12.4. The molecule has 0 amide bonds. The molecular formula is C23H26N6. The van der Waals surface area contributed by atoms with Crippen LogP contribution in [0.3, 0.4) is 0 Å². The zero-order valence-corrected chi connectivity index (χ0v) is 17.0. The summed E-state index contributed by atoms with van der Waals surface area (Å²) in [6.45, 7) is 3.99. The lowest BCUT2D eigenvalue weighted by atomic mass is 9.77. The highest BCUT2D eigenvalue weighted by Gasteiger charge is 2.44. The highest BCUT2D eigenvalue weighted by atomic mass is 15.2. The van der Waals surface area contributed by atoms with Crippen molar-refractivity contribution in [2.45, 2.75) is 38.0 Å². The van der Waals surface area contributed by atoms with Crippen LogP contribution in [0.1, 0.15) is 36.2 Å². The van der Waals surface area contributed by atoms with Crippen molar-refractivity contribution in [2.75, 3.05) is 30.4 Å². The van der Waals surface area contributed by atoms with Crippen molar-refractivity contribution in [1.29, 1.82) is 0 Å². The van der Waals surface area contributed by atoms with E-state index in [1.807, 2.05) is 38.4 Å². The first-order valence-electron chi connectivity index (χ1n) is 10.4. The molecule has 1 fully saturated rings. The summed E-state index contributed by atoms with van der Waals surface area (Å²) in [5.41, 5.74) is 4.70. The second-order valence-electron chi connectivity index (χ2n) is 8.18. The number of hydrogen-bond donors (Lipinski definition) is 1. The van der Waals surface area contributed by atoms with E-state index in [0.717, 1.165) is 55.3 Å². The third-order valence-electron chi connectivity index (χ3n) is 6.24. The number of aromatic nitrogens is 4. The van der Waals surface area contributed by atoms with E-state index in [1.165, 1.54) is 17.7 Å². The highest BCUT2D eigenvalue weighted by Crippen LogP contribution is 2.45. The van der Waals surface area contributed by atoms with Crippen molar-refractivity contribution >= 4 is 11.8 Å². The van der Waals surface area contributed by atoms with Gasteiger partial charge in [0.2, 0.25) is 5.95 Å². The van der Waals surface area contributed by atoms with E-state index >= 15 is 0 Å². The maximum Gasteiger partial charge on any atom is 0.224 e. The summed E-state index contributed by atoms with van der Waals surface area (Å²) in [5, 5.41) is 3.08. The number of fused-ring (bicyclic) bond motifs is 2. The molecule has 29 heavy (non-hydrogen) atoms. The summed E-state index contributed by atoms with van der Waals surface area (Å²) in [6.07, 6.45) is 6.55. The Morgan fingerprint density at radius 1 is 1.07 bits per heavy atom. The molecule has 2 aliphatic rings. The zero-order valence-electron chi connectivity index (χ0n) is 17.0. The van der Waals surface area contributed by atoms with E-state index in [-0.39, 0.29) is 5.41 Å². The van der Waals surface area contributed by atoms with Crippen molar-refractivity contribution in [3.05, 3.63) is 59.5 Å². The molecule has 1 aliphatic carbocycles. The van der Waals surface area contributed by atoms with Gasteiger partial charge in [0.25, 0.3) is 0 Å². The fraction of sp³-hybridized carbons (Fsp3) is 0.391. The van der Waals surface area contributed by atoms with Crippen molar-refractivity contribution < 1.29 is 0 Å². The first-order chi connectivity index (χ1) is 14.2. The van der Waals surface area contributed by atoms with Gasteiger partial charge in [-0.3, -0.25) is 0 Å². The van der Waals surface area contributed by atoms with Crippen LogP contribution in [0.2, 0.25) is 0 Å². The summed E-state index contributed by atoms with van der Waals surface area (Å²) < 4.78 is 0. The fourth-order valence-electron chi connectivity index (χ4n) is 4.82. The maximum absolute atomic E-state index is 5.10. The molecule has 5 rings (SSSR count). The second kappa shape index (κ2) is 7.10. The first kappa shape index (κ1) is 18.0. The van der Waals surface area contributed by atoms with Crippen LogP contribution < -0.4 is 10.2 Å². The lowest BCUT2D eigenvalue weighted by Crippen LogP contribution is -2.46. The van der Waals surface area contributed by atoms with E-state index in [2.05, 4.69) is 38.4 Å². The molecule has 0 saturated carbocycles. The number of piperidine rings is 1. The minimum absolute atomic E-state index is 0.0821.